The topological polar surface area (TPSA) is 0 Å². The summed E-state index contributed by atoms with van der Waals surface area (Å²) in [5.74, 6) is 0. The zero-order valence-corrected chi connectivity index (χ0v) is 3.57. The molecule has 0 aliphatic heterocycles. The highest BCUT2D eigenvalue weighted by molar-refractivity contribution is 4.58. The second-order valence-electron chi connectivity index (χ2n) is 1.02. The van der Waals surface area contributed by atoms with Crippen molar-refractivity contribution < 1.29 is 1.43 Å². The first-order valence-corrected chi connectivity index (χ1v) is 1.95. The Morgan fingerprint density at radius 3 is 2.60 bits per heavy atom. The van der Waals surface area contributed by atoms with E-state index in [1.165, 1.54) is 0 Å². The lowest BCUT2D eigenvalue weighted by atomic mass is 10.3. The molecule has 0 nitrogen and oxygen atoms in total. The van der Waals surface area contributed by atoms with Gasteiger partial charge in [-0.3, -0.25) is 0 Å². The lowest BCUT2D eigenvalue weighted by Crippen LogP contribution is -1.52. The van der Waals surface area contributed by atoms with E-state index in [0.717, 1.165) is 12.8 Å². The number of unbranched alkanes of at least 4 members (excludes halogenated alkanes) is 1. The molecule has 0 saturated carbocycles. The van der Waals surface area contributed by atoms with Gasteiger partial charge in [0.15, 0.2) is 0 Å². The minimum atomic E-state index is 0. The van der Waals surface area contributed by atoms with Crippen molar-refractivity contribution in [1.29, 1.82) is 0 Å². The van der Waals surface area contributed by atoms with Crippen LogP contribution in [0, 0.1) is 6.58 Å². The van der Waals surface area contributed by atoms with E-state index in [1.54, 1.807) is 6.08 Å². The van der Waals surface area contributed by atoms with Gasteiger partial charge in [-0.05, 0) is 6.42 Å². The van der Waals surface area contributed by atoms with Crippen molar-refractivity contribution in [3.63, 3.8) is 0 Å². The first-order chi connectivity index (χ1) is 2.41. The van der Waals surface area contributed by atoms with Gasteiger partial charge in [-0.15, -0.1) is 0 Å². The summed E-state index contributed by atoms with van der Waals surface area (Å²) in [7, 11) is 0. The first-order valence-electron chi connectivity index (χ1n) is 1.95. The van der Waals surface area contributed by atoms with Gasteiger partial charge in [-0.25, -0.2) is 0 Å². The molecular formula is C5H10+. The van der Waals surface area contributed by atoms with Gasteiger partial charge in [0.1, 0.15) is 0 Å². The maximum Gasteiger partial charge on any atom is 1.00 e. The molecule has 0 bridgehead atoms. The highest BCUT2D eigenvalue weighted by Crippen LogP contribution is 1.81. The van der Waals surface area contributed by atoms with E-state index in [1.807, 2.05) is 0 Å². The summed E-state index contributed by atoms with van der Waals surface area (Å²) >= 11 is 0. The van der Waals surface area contributed by atoms with Gasteiger partial charge in [-0.2, -0.15) is 0 Å². The van der Waals surface area contributed by atoms with Gasteiger partial charge in [0.25, 0.3) is 0 Å². The summed E-state index contributed by atoms with van der Waals surface area (Å²) in [6, 6.07) is 0. The van der Waals surface area contributed by atoms with Crippen molar-refractivity contribution in [2.24, 2.45) is 0 Å². The van der Waals surface area contributed by atoms with Gasteiger partial charge in [0.05, 0.1) is 0 Å². The lowest BCUT2D eigenvalue weighted by Gasteiger charge is -1.72. The summed E-state index contributed by atoms with van der Waals surface area (Å²) in [5, 5.41) is 0. The van der Waals surface area contributed by atoms with Gasteiger partial charge in [0.2, 0.25) is 0 Å². The van der Waals surface area contributed by atoms with E-state index >= 15 is 0 Å². The van der Waals surface area contributed by atoms with Crippen LogP contribution in [0.25, 0.3) is 0 Å². The van der Waals surface area contributed by atoms with E-state index in [4.69, 9.17) is 6.58 Å². The van der Waals surface area contributed by atoms with Gasteiger partial charge >= 0.3 is 1.43 Å². The molecule has 0 aromatic rings. The molecule has 0 aliphatic carbocycles. The largest absolute Gasteiger partial charge is 1.00 e. The third-order valence-electron chi connectivity index (χ3n) is 0.455. The van der Waals surface area contributed by atoms with Crippen LogP contribution in [-0.4, -0.2) is 0 Å². The standard InChI is InChI=1S/C5H9/c1-3-5-4-2/h1,3H,4-5H2,2H3/p+1. The highest BCUT2D eigenvalue weighted by Gasteiger charge is 1.62. The van der Waals surface area contributed by atoms with Crippen molar-refractivity contribution in [1.82, 2.24) is 0 Å². The molecule has 0 aromatic carbocycles. The Morgan fingerprint density at radius 2 is 2.60 bits per heavy atom. The Labute approximate surface area is 35.0 Å². The van der Waals surface area contributed by atoms with Crippen molar-refractivity contribution in [3.8, 4) is 0 Å². The van der Waals surface area contributed by atoms with Crippen LogP contribution in [0.5, 0.6) is 0 Å². The zero-order valence-electron chi connectivity index (χ0n) is 4.57. The fraction of sp³-hybridized carbons (Fsp3) is 0.600. The summed E-state index contributed by atoms with van der Waals surface area (Å²) in [4.78, 5) is 0. The smallest absolute Gasteiger partial charge is 0.0846 e. The molecule has 1 radical (unpaired) electrons. The number of hydrogen-bond acceptors (Lipinski definition) is 0. The van der Waals surface area contributed by atoms with Crippen LogP contribution in [0.2, 0.25) is 0 Å². The number of allylic oxidation sites excluding steroid dienone is 1. The third-order valence-corrected chi connectivity index (χ3v) is 0.455. The number of rotatable bonds is 2. The molecule has 0 rings (SSSR count). The van der Waals surface area contributed by atoms with Crippen LogP contribution < -0.4 is 0 Å². The maximum atomic E-state index is 5.01. The Kier molecular flexibility index (Phi) is 3.55. The van der Waals surface area contributed by atoms with Crippen molar-refractivity contribution >= 4 is 0 Å². The SMILES string of the molecule is [CH]=CCCC.[H+]. The molecule has 0 saturated heterocycles. The van der Waals surface area contributed by atoms with Crippen molar-refractivity contribution in [2.45, 2.75) is 19.8 Å². The zero-order chi connectivity index (χ0) is 4.12. The quantitative estimate of drug-likeness (QED) is 0.465. The predicted molar refractivity (Wildman–Crippen MR) is 24.9 cm³/mol. The van der Waals surface area contributed by atoms with Crippen LogP contribution in [0.3, 0.4) is 0 Å². The van der Waals surface area contributed by atoms with Crippen LogP contribution in [0.15, 0.2) is 6.08 Å². The minimum absolute atomic E-state index is 0. The fourth-order valence-corrected chi connectivity index (χ4v) is 0.167. The van der Waals surface area contributed by atoms with Crippen molar-refractivity contribution in [3.05, 3.63) is 12.7 Å². The van der Waals surface area contributed by atoms with Crippen LogP contribution in [-0.2, 0) is 0 Å². The minimum Gasteiger partial charge on any atom is -0.0846 e. The molecule has 0 atom stereocenters. The van der Waals surface area contributed by atoms with E-state index in [9.17, 15) is 0 Å². The Balaban J connectivity index is 0. The predicted octanol–water partition coefficient (Wildman–Crippen LogP) is 1.89. The fourth-order valence-electron chi connectivity index (χ4n) is 0.167. The molecule has 0 unspecified atom stereocenters. The van der Waals surface area contributed by atoms with Crippen LogP contribution in [0.4, 0.5) is 0 Å². The molecule has 0 heteroatoms. The molecule has 0 amide bonds. The average molecular weight is 70.1 g/mol. The average Bonchev–Trinajstić information content (AvgIpc) is 1.41. The first kappa shape index (κ1) is 4.74. The summed E-state index contributed by atoms with van der Waals surface area (Å²) in [6.07, 6.45) is 3.89. The van der Waals surface area contributed by atoms with E-state index in [2.05, 4.69) is 6.92 Å². The molecule has 0 spiro atoms. The second-order valence-corrected chi connectivity index (χ2v) is 1.02. The lowest BCUT2D eigenvalue weighted by molar-refractivity contribution is 0.960. The third kappa shape index (κ3) is 3.74. The summed E-state index contributed by atoms with van der Waals surface area (Å²) in [6.45, 7) is 7.11. The van der Waals surface area contributed by atoms with Crippen molar-refractivity contribution in [2.75, 3.05) is 0 Å². The van der Waals surface area contributed by atoms with Gasteiger partial charge < -0.3 is 0 Å². The normalized spacial score (nSPS) is 7.40. The highest BCUT2D eigenvalue weighted by atomic mass is 13.7. The molecule has 0 aromatic heterocycles. The van der Waals surface area contributed by atoms with Gasteiger partial charge in [-0.1, -0.05) is 26.0 Å². The monoisotopic (exact) mass is 70.1 g/mol. The molecule has 5 heavy (non-hydrogen) atoms. The second kappa shape index (κ2) is 3.74. The molecule has 29 valence electrons. The molecule has 0 fully saturated rings. The summed E-state index contributed by atoms with van der Waals surface area (Å²) in [5.41, 5.74) is 0. The maximum absolute atomic E-state index is 5.01. The Hall–Kier alpha value is -0.260. The number of hydrogen-bond donors (Lipinski definition) is 0. The molecule has 0 N–H and O–H groups in total. The molecule has 0 heterocycles. The van der Waals surface area contributed by atoms with E-state index < -0.39 is 0 Å². The van der Waals surface area contributed by atoms with E-state index in [0.29, 0.717) is 0 Å². The summed E-state index contributed by atoms with van der Waals surface area (Å²) < 4.78 is 0. The molecule has 0 aliphatic rings. The van der Waals surface area contributed by atoms with Gasteiger partial charge in [0, 0.05) is 0 Å². The molecular weight excluding hydrogens is 60.1 g/mol. The Bertz CT molecular complexity index is 25.1. The Morgan fingerprint density at radius 1 is 2.00 bits per heavy atom. The van der Waals surface area contributed by atoms with Crippen LogP contribution >= 0.6 is 0 Å². The van der Waals surface area contributed by atoms with Crippen LogP contribution in [0.1, 0.15) is 21.2 Å². The van der Waals surface area contributed by atoms with E-state index in [-0.39, 0.29) is 1.43 Å².